The zero-order valence-electron chi connectivity index (χ0n) is 6.52. The van der Waals surface area contributed by atoms with E-state index >= 15 is 0 Å². The van der Waals surface area contributed by atoms with Crippen LogP contribution in [0.25, 0.3) is 0 Å². The summed E-state index contributed by atoms with van der Waals surface area (Å²) in [6, 6.07) is 0. The van der Waals surface area contributed by atoms with Gasteiger partial charge in [-0.1, -0.05) is 13.8 Å². The number of esters is 1. The Hall–Kier alpha value is -0.610. The molecule has 1 aliphatic rings. The average Bonchev–Trinajstić information content (AvgIpc) is 2.17. The molecule has 11 heavy (non-hydrogen) atoms. The first kappa shape index (κ1) is 8.49. The van der Waals surface area contributed by atoms with Gasteiger partial charge in [0, 0.05) is 5.92 Å². The first-order valence-electron chi connectivity index (χ1n) is 3.60. The molecule has 1 fully saturated rings. The molecule has 0 aromatic heterocycles. The molecule has 0 aromatic rings. The molecule has 1 aliphatic heterocycles. The minimum absolute atomic E-state index is 0.123. The number of aliphatic hydroxyl groups excluding tert-OH is 1. The van der Waals surface area contributed by atoms with E-state index in [1.54, 1.807) is 13.8 Å². The van der Waals surface area contributed by atoms with Crippen LogP contribution in [-0.4, -0.2) is 28.6 Å². The normalized spacial score (nSPS) is 37.9. The average molecular weight is 160 g/mol. The van der Waals surface area contributed by atoms with Crippen molar-refractivity contribution in [1.29, 1.82) is 0 Å². The van der Waals surface area contributed by atoms with E-state index in [2.05, 4.69) is 0 Å². The van der Waals surface area contributed by atoms with E-state index in [-0.39, 0.29) is 17.8 Å². The lowest BCUT2D eigenvalue weighted by molar-refractivity contribution is -0.165. The fourth-order valence-electron chi connectivity index (χ4n) is 1.18. The van der Waals surface area contributed by atoms with Crippen LogP contribution >= 0.6 is 0 Å². The highest BCUT2D eigenvalue weighted by molar-refractivity contribution is 5.74. The zero-order valence-corrected chi connectivity index (χ0v) is 6.52. The van der Waals surface area contributed by atoms with Gasteiger partial charge in [-0.2, -0.15) is 0 Å². The van der Waals surface area contributed by atoms with Crippen LogP contribution in [0.1, 0.15) is 13.8 Å². The second-order valence-electron chi connectivity index (χ2n) is 2.96. The Kier molecular flexibility index (Phi) is 2.15. The Morgan fingerprint density at radius 2 is 2.00 bits per heavy atom. The summed E-state index contributed by atoms with van der Waals surface area (Å²) >= 11 is 0. The molecule has 4 heteroatoms. The number of aliphatic hydroxyl groups is 2. The van der Waals surface area contributed by atoms with Crippen LogP contribution in [0.15, 0.2) is 0 Å². The maximum atomic E-state index is 10.9. The summed E-state index contributed by atoms with van der Waals surface area (Å²) in [6.07, 6.45) is -2.31. The molecule has 0 spiro atoms. The topological polar surface area (TPSA) is 66.8 Å². The van der Waals surface area contributed by atoms with Crippen LogP contribution in [0.2, 0.25) is 0 Å². The molecule has 0 aromatic carbocycles. The Balaban J connectivity index is 2.67. The number of hydrogen-bond acceptors (Lipinski definition) is 4. The second-order valence-corrected chi connectivity index (χ2v) is 2.96. The lowest BCUT2D eigenvalue weighted by Gasteiger charge is -2.15. The van der Waals surface area contributed by atoms with Crippen LogP contribution in [0.4, 0.5) is 0 Å². The molecule has 0 saturated carbocycles. The van der Waals surface area contributed by atoms with Gasteiger partial charge in [0.2, 0.25) is 0 Å². The smallest absolute Gasteiger partial charge is 0.309 e. The monoisotopic (exact) mass is 160 g/mol. The first-order chi connectivity index (χ1) is 5.04. The quantitative estimate of drug-likeness (QED) is 0.400. The molecule has 2 N–H and O–H groups in total. The highest BCUT2D eigenvalue weighted by Gasteiger charge is 2.41. The lowest BCUT2D eigenvalue weighted by atomic mass is 9.94. The molecular formula is C7H12O4. The van der Waals surface area contributed by atoms with Crippen molar-refractivity contribution in [2.75, 3.05) is 0 Å². The maximum Gasteiger partial charge on any atom is 0.309 e. The molecule has 0 aliphatic carbocycles. The van der Waals surface area contributed by atoms with Crippen LogP contribution < -0.4 is 0 Å². The molecule has 1 heterocycles. The van der Waals surface area contributed by atoms with Crippen molar-refractivity contribution in [2.45, 2.75) is 26.2 Å². The third-order valence-electron chi connectivity index (χ3n) is 2.22. The Labute approximate surface area is 64.8 Å². The molecule has 64 valence electrons. The Morgan fingerprint density at radius 1 is 1.45 bits per heavy atom. The van der Waals surface area contributed by atoms with Crippen molar-refractivity contribution >= 4 is 5.97 Å². The van der Waals surface area contributed by atoms with Crippen molar-refractivity contribution in [1.82, 2.24) is 0 Å². The number of ether oxygens (including phenoxy) is 1. The molecule has 1 rings (SSSR count). The predicted molar refractivity (Wildman–Crippen MR) is 36.4 cm³/mol. The van der Waals surface area contributed by atoms with Crippen LogP contribution in [-0.2, 0) is 9.53 Å². The zero-order chi connectivity index (χ0) is 8.59. The molecule has 0 bridgehead atoms. The molecule has 1 saturated heterocycles. The summed E-state index contributed by atoms with van der Waals surface area (Å²) in [7, 11) is 0. The third kappa shape index (κ3) is 1.36. The van der Waals surface area contributed by atoms with Crippen molar-refractivity contribution in [3.63, 3.8) is 0 Å². The van der Waals surface area contributed by atoms with Crippen molar-refractivity contribution in [3.8, 4) is 0 Å². The first-order valence-corrected chi connectivity index (χ1v) is 3.60. The molecule has 0 radical (unpaired) electrons. The minimum atomic E-state index is -1.56. The number of carbonyl (C=O) groups excluding carboxylic acids is 1. The van der Waals surface area contributed by atoms with Crippen LogP contribution in [0.3, 0.4) is 0 Å². The van der Waals surface area contributed by atoms with Crippen molar-refractivity contribution < 1.29 is 19.7 Å². The summed E-state index contributed by atoms with van der Waals surface area (Å²) in [6.45, 7) is 3.48. The summed E-state index contributed by atoms with van der Waals surface area (Å²) in [5.41, 5.74) is 0. The Bertz CT molecular complexity index is 166. The third-order valence-corrected chi connectivity index (χ3v) is 2.22. The molecule has 0 amide bonds. The predicted octanol–water partition coefficient (Wildman–Crippen LogP) is -0.505. The van der Waals surface area contributed by atoms with Crippen molar-refractivity contribution in [3.05, 3.63) is 0 Å². The van der Waals surface area contributed by atoms with Gasteiger partial charge in [-0.05, 0) is 0 Å². The highest BCUT2D eigenvalue weighted by Crippen LogP contribution is 2.28. The summed E-state index contributed by atoms with van der Waals surface area (Å²) in [4.78, 5) is 10.9. The van der Waals surface area contributed by atoms with E-state index in [1.807, 2.05) is 0 Å². The van der Waals surface area contributed by atoms with Crippen LogP contribution in [0.5, 0.6) is 0 Å². The van der Waals surface area contributed by atoms with Gasteiger partial charge in [-0.15, -0.1) is 0 Å². The SMILES string of the molecule is CC1C(=O)O[C@H](C(O)O)C1C. The van der Waals surface area contributed by atoms with E-state index in [0.717, 1.165) is 0 Å². The fraction of sp³-hybridized carbons (Fsp3) is 0.857. The van der Waals surface area contributed by atoms with E-state index in [0.29, 0.717) is 0 Å². The standard InChI is InChI=1S/C7H12O4/c1-3-4(2)7(10)11-5(3)6(8)9/h3-6,8-9H,1-2H3/t3?,4?,5-/m0/s1. The van der Waals surface area contributed by atoms with Gasteiger partial charge in [0.15, 0.2) is 12.4 Å². The number of cyclic esters (lactones) is 1. The van der Waals surface area contributed by atoms with E-state index in [1.165, 1.54) is 0 Å². The summed E-state index contributed by atoms with van der Waals surface area (Å²) < 4.78 is 4.71. The molecular weight excluding hydrogens is 148 g/mol. The summed E-state index contributed by atoms with van der Waals surface area (Å²) in [5.74, 6) is -0.708. The van der Waals surface area contributed by atoms with Gasteiger partial charge in [0.25, 0.3) is 0 Å². The minimum Gasteiger partial charge on any atom is -0.456 e. The number of rotatable bonds is 1. The van der Waals surface area contributed by atoms with Gasteiger partial charge < -0.3 is 14.9 Å². The molecule has 2 unspecified atom stereocenters. The van der Waals surface area contributed by atoms with E-state index in [9.17, 15) is 4.79 Å². The summed E-state index contributed by atoms with van der Waals surface area (Å²) in [5, 5.41) is 17.5. The Morgan fingerprint density at radius 3 is 2.18 bits per heavy atom. The maximum absolute atomic E-state index is 10.9. The molecule has 4 nitrogen and oxygen atoms in total. The van der Waals surface area contributed by atoms with Gasteiger partial charge in [-0.3, -0.25) is 4.79 Å². The number of carbonyl (C=O) groups is 1. The van der Waals surface area contributed by atoms with Gasteiger partial charge in [0.1, 0.15) is 0 Å². The number of hydrogen-bond donors (Lipinski definition) is 2. The second kappa shape index (κ2) is 2.79. The van der Waals surface area contributed by atoms with Crippen molar-refractivity contribution in [2.24, 2.45) is 11.8 Å². The highest BCUT2D eigenvalue weighted by atomic mass is 16.6. The van der Waals surface area contributed by atoms with Gasteiger partial charge >= 0.3 is 5.97 Å². The fourth-order valence-corrected chi connectivity index (χ4v) is 1.18. The molecule has 3 atom stereocenters. The largest absolute Gasteiger partial charge is 0.456 e. The van der Waals surface area contributed by atoms with Gasteiger partial charge in [0.05, 0.1) is 5.92 Å². The van der Waals surface area contributed by atoms with Crippen LogP contribution in [0, 0.1) is 11.8 Å². The van der Waals surface area contributed by atoms with Gasteiger partial charge in [-0.25, -0.2) is 0 Å². The lowest BCUT2D eigenvalue weighted by Crippen LogP contribution is -2.30. The van der Waals surface area contributed by atoms with E-state index in [4.69, 9.17) is 14.9 Å². The van der Waals surface area contributed by atoms with E-state index < -0.39 is 12.4 Å².